The first kappa shape index (κ1) is 28.7. The minimum absolute atomic E-state index is 0.0493. The third-order valence-electron chi connectivity index (χ3n) is 5.95. The quantitative estimate of drug-likeness (QED) is 0.473. The van der Waals surface area contributed by atoms with Crippen LogP contribution in [0.2, 0.25) is 5.02 Å². The lowest BCUT2D eigenvalue weighted by molar-refractivity contribution is -0.140. The first-order valence-corrected chi connectivity index (χ1v) is 14.0. The molecule has 0 spiro atoms. The Bertz CT molecular complexity index is 1140. The zero-order valence-electron chi connectivity index (χ0n) is 21.3. The summed E-state index contributed by atoms with van der Waals surface area (Å²) >= 11 is 6.02. The van der Waals surface area contributed by atoms with Gasteiger partial charge in [-0.2, -0.15) is 0 Å². The highest BCUT2D eigenvalue weighted by Gasteiger charge is 2.32. The maximum atomic E-state index is 13.7. The van der Waals surface area contributed by atoms with Crippen molar-refractivity contribution in [1.82, 2.24) is 10.2 Å². The van der Waals surface area contributed by atoms with Crippen molar-refractivity contribution < 1.29 is 18.0 Å². The van der Waals surface area contributed by atoms with Gasteiger partial charge in [0.2, 0.25) is 21.8 Å². The molecule has 0 aliphatic carbocycles. The van der Waals surface area contributed by atoms with Crippen LogP contribution in [0, 0.1) is 13.8 Å². The van der Waals surface area contributed by atoms with Crippen molar-refractivity contribution >= 4 is 39.1 Å². The smallest absolute Gasteiger partial charge is 0.244 e. The van der Waals surface area contributed by atoms with Gasteiger partial charge in [0.05, 0.1) is 11.9 Å². The van der Waals surface area contributed by atoms with Crippen molar-refractivity contribution in [1.29, 1.82) is 0 Å². The van der Waals surface area contributed by atoms with Crippen LogP contribution in [0.4, 0.5) is 5.69 Å². The number of hydrogen-bond donors (Lipinski definition) is 1. The third kappa shape index (κ3) is 7.97. The third-order valence-corrected chi connectivity index (χ3v) is 7.33. The van der Waals surface area contributed by atoms with Gasteiger partial charge >= 0.3 is 0 Å². The van der Waals surface area contributed by atoms with Gasteiger partial charge in [0.15, 0.2) is 0 Å². The van der Waals surface area contributed by atoms with Crippen LogP contribution < -0.4 is 9.62 Å². The number of hydrogen-bond acceptors (Lipinski definition) is 4. The number of rotatable bonds is 11. The molecule has 0 aromatic heterocycles. The van der Waals surface area contributed by atoms with E-state index in [9.17, 15) is 18.0 Å². The summed E-state index contributed by atoms with van der Waals surface area (Å²) in [6.07, 6.45) is 2.21. The van der Waals surface area contributed by atoms with Crippen LogP contribution in [0.5, 0.6) is 0 Å². The van der Waals surface area contributed by atoms with Crippen LogP contribution in [0.15, 0.2) is 42.5 Å². The van der Waals surface area contributed by atoms with Crippen molar-refractivity contribution in [2.45, 2.75) is 66.1 Å². The average molecular weight is 522 g/mol. The summed E-state index contributed by atoms with van der Waals surface area (Å²) < 4.78 is 26.6. The summed E-state index contributed by atoms with van der Waals surface area (Å²) in [7, 11) is -3.77. The average Bonchev–Trinajstić information content (AvgIpc) is 2.78. The fourth-order valence-corrected chi connectivity index (χ4v) is 4.86. The Morgan fingerprint density at radius 2 is 1.66 bits per heavy atom. The van der Waals surface area contributed by atoms with E-state index in [4.69, 9.17) is 11.6 Å². The molecule has 7 nitrogen and oxygen atoms in total. The van der Waals surface area contributed by atoms with Gasteiger partial charge in [0.25, 0.3) is 0 Å². The second-order valence-electron chi connectivity index (χ2n) is 8.95. The summed E-state index contributed by atoms with van der Waals surface area (Å²) in [6.45, 7) is 9.17. The number of sulfonamides is 1. The lowest BCUT2D eigenvalue weighted by Gasteiger charge is -2.33. The number of nitrogens with one attached hydrogen (secondary N) is 1. The van der Waals surface area contributed by atoms with Crippen LogP contribution in [0.3, 0.4) is 0 Å². The largest absolute Gasteiger partial charge is 0.352 e. The van der Waals surface area contributed by atoms with Gasteiger partial charge in [-0.3, -0.25) is 13.9 Å². The van der Waals surface area contributed by atoms with E-state index in [1.54, 1.807) is 30.3 Å². The van der Waals surface area contributed by atoms with E-state index >= 15 is 0 Å². The Morgan fingerprint density at radius 3 is 2.17 bits per heavy atom. The second kappa shape index (κ2) is 12.4. The van der Waals surface area contributed by atoms with Gasteiger partial charge in [-0.1, -0.05) is 55.3 Å². The molecular formula is C26H36ClN3O4S. The Hall–Kier alpha value is -2.58. The normalized spacial score (nSPS) is 13.1. The minimum Gasteiger partial charge on any atom is -0.352 e. The number of anilines is 1. The van der Waals surface area contributed by atoms with Crippen LogP contribution in [-0.4, -0.2) is 50.0 Å². The fraction of sp³-hybridized carbons (Fsp3) is 0.462. The SMILES string of the molecule is CC[C@H](C)NC(=O)[C@H](CC)N(Cc1ccc(Cl)cc1)C(=O)CN(c1ccc(C)cc1C)S(C)(=O)=O. The van der Waals surface area contributed by atoms with E-state index in [-0.39, 0.29) is 18.5 Å². The molecule has 0 aliphatic rings. The number of nitrogens with zero attached hydrogens (tertiary/aromatic N) is 2. The van der Waals surface area contributed by atoms with Crippen molar-refractivity contribution in [2.75, 3.05) is 17.1 Å². The van der Waals surface area contributed by atoms with E-state index in [2.05, 4.69) is 5.32 Å². The highest BCUT2D eigenvalue weighted by Crippen LogP contribution is 2.24. The van der Waals surface area contributed by atoms with Gasteiger partial charge in [0, 0.05) is 17.6 Å². The van der Waals surface area contributed by atoms with E-state index in [0.717, 1.165) is 33.7 Å². The second-order valence-corrected chi connectivity index (χ2v) is 11.3. The first-order chi connectivity index (χ1) is 16.4. The maximum absolute atomic E-state index is 13.7. The number of carbonyl (C=O) groups excluding carboxylic acids is 2. The summed E-state index contributed by atoms with van der Waals surface area (Å²) in [5.41, 5.74) is 2.96. The molecule has 0 saturated heterocycles. The summed E-state index contributed by atoms with van der Waals surface area (Å²) in [5, 5.41) is 3.52. The molecule has 0 saturated carbocycles. The molecule has 2 amide bonds. The van der Waals surface area contributed by atoms with Crippen molar-refractivity contribution in [3.63, 3.8) is 0 Å². The molecule has 0 unspecified atom stereocenters. The van der Waals surface area contributed by atoms with Crippen LogP contribution in [0.25, 0.3) is 0 Å². The molecule has 1 N–H and O–H groups in total. The zero-order chi connectivity index (χ0) is 26.3. The lowest BCUT2D eigenvalue weighted by Crippen LogP contribution is -2.53. The number of halogens is 1. The molecule has 2 aromatic carbocycles. The lowest BCUT2D eigenvalue weighted by atomic mass is 10.1. The van der Waals surface area contributed by atoms with E-state index < -0.39 is 28.5 Å². The minimum atomic E-state index is -3.77. The van der Waals surface area contributed by atoms with Gasteiger partial charge in [-0.05, 0) is 62.9 Å². The Kier molecular flexibility index (Phi) is 10.2. The summed E-state index contributed by atoms with van der Waals surface area (Å²) in [5.74, 6) is -0.724. The zero-order valence-corrected chi connectivity index (χ0v) is 22.9. The Balaban J connectivity index is 2.46. The van der Waals surface area contributed by atoms with Crippen LogP contribution >= 0.6 is 11.6 Å². The fourth-order valence-electron chi connectivity index (χ4n) is 3.83. The molecule has 192 valence electrons. The van der Waals surface area contributed by atoms with E-state index in [1.165, 1.54) is 4.90 Å². The van der Waals surface area contributed by atoms with E-state index in [1.807, 2.05) is 46.8 Å². The predicted molar refractivity (Wildman–Crippen MR) is 142 cm³/mol. The van der Waals surface area contributed by atoms with Crippen LogP contribution in [-0.2, 0) is 26.2 Å². The number of aryl methyl sites for hydroxylation is 2. The molecule has 0 bridgehead atoms. The van der Waals surface area contributed by atoms with Gasteiger partial charge in [0.1, 0.15) is 12.6 Å². The highest BCUT2D eigenvalue weighted by atomic mass is 35.5. The maximum Gasteiger partial charge on any atom is 0.244 e. The molecule has 2 atom stereocenters. The van der Waals surface area contributed by atoms with Gasteiger partial charge in [-0.15, -0.1) is 0 Å². The molecule has 2 aromatic rings. The molecule has 0 radical (unpaired) electrons. The monoisotopic (exact) mass is 521 g/mol. The molecule has 0 fully saturated rings. The first-order valence-electron chi connectivity index (χ1n) is 11.8. The van der Waals surface area contributed by atoms with Crippen molar-refractivity contribution in [2.24, 2.45) is 0 Å². The number of carbonyl (C=O) groups is 2. The molecule has 9 heteroatoms. The number of benzene rings is 2. The highest BCUT2D eigenvalue weighted by molar-refractivity contribution is 7.92. The number of amides is 2. The Labute approximate surface area is 214 Å². The predicted octanol–water partition coefficient (Wildman–Crippen LogP) is 4.44. The Morgan fingerprint density at radius 1 is 1.03 bits per heavy atom. The van der Waals surface area contributed by atoms with E-state index in [0.29, 0.717) is 17.1 Å². The molecular weight excluding hydrogens is 486 g/mol. The standard InChI is InChI=1S/C26H36ClN3O4S/c1-7-20(5)28-26(32)23(8-2)29(16-21-10-12-22(27)13-11-21)25(31)17-30(35(6,33)34)24-14-9-18(3)15-19(24)4/h9-15,20,23H,7-8,16-17H2,1-6H3,(H,28,32)/t20-,23-/m0/s1. The van der Waals surface area contributed by atoms with Gasteiger partial charge in [-0.25, -0.2) is 8.42 Å². The van der Waals surface area contributed by atoms with Crippen LogP contribution in [0.1, 0.15) is 50.3 Å². The van der Waals surface area contributed by atoms with Crippen molar-refractivity contribution in [3.05, 3.63) is 64.2 Å². The molecule has 0 heterocycles. The van der Waals surface area contributed by atoms with Crippen molar-refractivity contribution in [3.8, 4) is 0 Å². The molecule has 0 aliphatic heterocycles. The molecule has 2 rings (SSSR count). The summed E-state index contributed by atoms with van der Waals surface area (Å²) in [4.78, 5) is 28.3. The van der Waals surface area contributed by atoms with Gasteiger partial charge < -0.3 is 10.2 Å². The summed E-state index contributed by atoms with van der Waals surface area (Å²) in [6, 6.07) is 11.6. The molecule has 35 heavy (non-hydrogen) atoms. The topological polar surface area (TPSA) is 86.8 Å².